The molecule has 2 amide bonds. The molecule has 5 nitrogen and oxygen atoms in total. The first-order valence-corrected chi connectivity index (χ1v) is 5.50. The summed E-state index contributed by atoms with van der Waals surface area (Å²) in [4.78, 5) is 11.4. The van der Waals surface area contributed by atoms with Crippen LogP contribution in [0.2, 0.25) is 5.02 Å². The molecule has 1 aromatic rings. The van der Waals surface area contributed by atoms with Crippen LogP contribution in [0.1, 0.15) is 5.56 Å². The van der Waals surface area contributed by atoms with Gasteiger partial charge in [-0.3, -0.25) is 0 Å². The predicted octanol–water partition coefficient (Wildman–Crippen LogP) is 1.12. The molecule has 0 aliphatic rings. The van der Waals surface area contributed by atoms with Crippen LogP contribution >= 0.6 is 11.6 Å². The van der Waals surface area contributed by atoms with Crippen molar-refractivity contribution in [1.82, 2.24) is 5.32 Å². The zero-order valence-corrected chi connectivity index (χ0v) is 10.2. The average molecular weight is 259 g/mol. The van der Waals surface area contributed by atoms with E-state index in [0.717, 1.165) is 5.56 Å². The number of amides is 2. The Balaban J connectivity index is 2.53. The molecule has 0 aromatic heterocycles. The number of aryl methyl sites for hydroxylation is 1. The summed E-state index contributed by atoms with van der Waals surface area (Å²) in [6.45, 7) is 1.46. The minimum Gasteiger partial charge on any atom is -0.394 e. The predicted molar refractivity (Wildman–Crippen MR) is 66.3 cm³/mol. The largest absolute Gasteiger partial charge is 0.394 e. The number of nitrogens with one attached hydrogen (secondary N) is 2. The molecule has 17 heavy (non-hydrogen) atoms. The van der Waals surface area contributed by atoms with Crippen molar-refractivity contribution in [3.05, 3.63) is 28.8 Å². The highest BCUT2D eigenvalue weighted by Crippen LogP contribution is 2.22. The van der Waals surface area contributed by atoms with Crippen LogP contribution in [-0.2, 0) is 0 Å². The highest BCUT2D eigenvalue weighted by atomic mass is 35.5. The number of urea groups is 1. The SMILES string of the molecule is Cc1ccc(Cl)c(NC(=O)NCC(O)CO)c1. The molecule has 0 saturated heterocycles. The van der Waals surface area contributed by atoms with Crippen molar-refractivity contribution in [1.29, 1.82) is 0 Å². The van der Waals surface area contributed by atoms with E-state index in [4.69, 9.17) is 21.8 Å². The Morgan fingerprint density at radius 3 is 2.88 bits per heavy atom. The lowest BCUT2D eigenvalue weighted by molar-refractivity contribution is 0.0965. The van der Waals surface area contributed by atoms with Crippen molar-refractivity contribution in [3.63, 3.8) is 0 Å². The molecule has 0 fully saturated rings. The van der Waals surface area contributed by atoms with Crippen LogP contribution in [0.25, 0.3) is 0 Å². The van der Waals surface area contributed by atoms with Gasteiger partial charge in [-0.25, -0.2) is 4.79 Å². The fourth-order valence-electron chi connectivity index (χ4n) is 1.18. The first kappa shape index (κ1) is 13.8. The molecular weight excluding hydrogens is 244 g/mol. The third kappa shape index (κ3) is 4.60. The van der Waals surface area contributed by atoms with Crippen LogP contribution in [0.3, 0.4) is 0 Å². The molecule has 1 aromatic carbocycles. The molecule has 0 heterocycles. The van der Waals surface area contributed by atoms with Gasteiger partial charge < -0.3 is 20.8 Å². The first-order valence-electron chi connectivity index (χ1n) is 5.13. The highest BCUT2D eigenvalue weighted by molar-refractivity contribution is 6.33. The summed E-state index contributed by atoms with van der Waals surface area (Å²) in [7, 11) is 0. The summed E-state index contributed by atoms with van der Waals surface area (Å²) in [5.41, 5.74) is 1.47. The number of aliphatic hydroxyl groups excluding tert-OH is 2. The summed E-state index contributed by atoms with van der Waals surface area (Å²) in [5.74, 6) is 0. The lowest BCUT2D eigenvalue weighted by Crippen LogP contribution is -2.36. The van der Waals surface area contributed by atoms with Crippen LogP contribution in [0.4, 0.5) is 10.5 Å². The van der Waals surface area contributed by atoms with Crippen LogP contribution in [0.15, 0.2) is 18.2 Å². The molecule has 0 aliphatic heterocycles. The number of hydrogen-bond acceptors (Lipinski definition) is 3. The van der Waals surface area contributed by atoms with Crippen molar-refractivity contribution >= 4 is 23.3 Å². The van der Waals surface area contributed by atoms with Gasteiger partial charge in [0.2, 0.25) is 0 Å². The Labute approximate surface area is 104 Å². The molecule has 94 valence electrons. The monoisotopic (exact) mass is 258 g/mol. The molecular formula is C11H15ClN2O3. The van der Waals surface area contributed by atoms with E-state index in [2.05, 4.69) is 10.6 Å². The minimum atomic E-state index is -0.964. The second kappa shape index (κ2) is 6.44. The molecule has 1 atom stereocenters. The number of aliphatic hydroxyl groups is 2. The Bertz CT molecular complexity index is 398. The lowest BCUT2D eigenvalue weighted by Gasteiger charge is -2.11. The topological polar surface area (TPSA) is 81.6 Å². The van der Waals surface area contributed by atoms with Crippen molar-refractivity contribution < 1.29 is 15.0 Å². The van der Waals surface area contributed by atoms with Crippen molar-refractivity contribution in [2.24, 2.45) is 0 Å². The van der Waals surface area contributed by atoms with E-state index in [-0.39, 0.29) is 6.54 Å². The van der Waals surface area contributed by atoms with E-state index >= 15 is 0 Å². The van der Waals surface area contributed by atoms with Gasteiger partial charge in [0, 0.05) is 6.54 Å². The van der Waals surface area contributed by atoms with E-state index in [1.165, 1.54) is 0 Å². The maximum Gasteiger partial charge on any atom is 0.319 e. The summed E-state index contributed by atoms with van der Waals surface area (Å²) in [6.07, 6.45) is -0.964. The average Bonchev–Trinajstić information content (AvgIpc) is 2.30. The number of carbonyl (C=O) groups is 1. The van der Waals surface area contributed by atoms with E-state index in [1.54, 1.807) is 12.1 Å². The maximum absolute atomic E-state index is 11.4. The van der Waals surface area contributed by atoms with Gasteiger partial charge in [-0.1, -0.05) is 17.7 Å². The van der Waals surface area contributed by atoms with Gasteiger partial charge in [-0.05, 0) is 24.6 Å². The van der Waals surface area contributed by atoms with Crippen LogP contribution in [0, 0.1) is 6.92 Å². The molecule has 4 N–H and O–H groups in total. The standard InChI is InChI=1S/C11H15ClN2O3/c1-7-2-3-9(12)10(4-7)14-11(17)13-5-8(16)6-15/h2-4,8,15-16H,5-6H2,1H3,(H2,13,14,17). The summed E-state index contributed by atoms with van der Waals surface area (Å²) >= 11 is 5.90. The van der Waals surface area contributed by atoms with Crippen molar-refractivity contribution in [2.45, 2.75) is 13.0 Å². The Hall–Kier alpha value is -1.30. The summed E-state index contributed by atoms with van der Waals surface area (Å²) in [5, 5.41) is 23.0. The number of anilines is 1. The van der Waals surface area contributed by atoms with Gasteiger partial charge in [0.05, 0.1) is 23.4 Å². The van der Waals surface area contributed by atoms with Crippen LogP contribution in [-0.4, -0.2) is 35.5 Å². The molecule has 0 radical (unpaired) electrons. The number of hydrogen-bond donors (Lipinski definition) is 4. The second-order valence-electron chi connectivity index (χ2n) is 3.65. The Morgan fingerprint density at radius 1 is 1.53 bits per heavy atom. The van der Waals surface area contributed by atoms with Crippen molar-refractivity contribution in [3.8, 4) is 0 Å². The molecule has 1 rings (SSSR count). The van der Waals surface area contributed by atoms with Crippen LogP contribution in [0.5, 0.6) is 0 Å². The zero-order chi connectivity index (χ0) is 12.8. The van der Waals surface area contributed by atoms with Gasteiger partial charge >= 0.3 is 6.03 Å². The third-order valence-corrected chi connectivity index (χ3v) is 2.41. The normalized spacial score (nSPS) is 12.0. The van der Waals surface area contributed by atoms with E-state index in [0.29, 0.717) is 10.7 Å². The second-order valence-corrected chi connectivity index (χ2v) is 4.06. The smallest absolute Gasteiger partial charge is 0.319 e. The molecule has 0 aliphatic carbocycles. The Kier molecular flexibility index (Phi) is 5.21. The van der Waals surface area contributed by atoms with Gasteiger partial charge in [0.1, 0.15) is 0 Å². The maximum atomic E-state index is 11.4. The van der Waals surface area contributed by atoms with E-state index in [9.17, 15) is 4.79 Å². The number of benzene rings is 1. The van der Waals surface area contributed by atoms with E-state index < -0.39 is 18.7 Å². The zero-order valence-electron chi connectivity index (χ0n) is 9.40. The number of rotatable bonds is 4. The quantitative estimate of drug-likeness (QED) is 0.653. The number of halogens is 1. The molecule has 1 unspecified atom stereocenters. The Morgan fingerprint density at radius 2 is 2.24 bits per heavy atom. The van der Waals surface area contributed by atoms with Gasteiger partial charge in [-0.15, -0.1) is 0 Å². The summed E-state index contributed by atoms with van der Waals surface area (Å²) < 4.78 is 0. The van der Waals surface area contributed by atoms with Crippen molar-refractivity contribution in [2.75, 3.05) is 18.5 Å². The molecule has 0 spiro atoms. The first-order chi connectivity index (χ1) is 8.02. The van der Waals surface area contributed by atoms with E-state index in [1.807, 2.05) is 13.0 Å². The molecule has 0 bridgehead atoms. The molecule has 0 saturated carbocycles. The fraction of sp³-hybridized carbons (Fsp3) is 0.364. The summed E-state index contributed by atoms with van der Waals surface area (Å²) in [6, 6.07) is 4.78. The highest BCUT2D eigenvalue weighted by Gasteiger charge is 2.07. The fourth-order valence-corrected chi connectivity index (χ4v) is 1.34. The minimum absolute atomic E-state index is 0.0221. The van der Waals surface area contributed by atoms with Gasteiger partial charge in [0.25, 0.3) is 0 Å². The lowest BCUT2D eigenvalue weighted by atomic mass is 10.2. The number of carbonyl (C=O) groups excluding carboxylic acids is 1. The van der Waals surface area contributed by atoms with Gasteiger partial charge in [-0.2, -0.15) is 0 Å². The van der Waals surface area contributed by atoms with Gasteiger partial charge in [0.15, 0.2) is 0 Å². The molecule has 6 heteroatoms. The third-order valence-electron chi connectivity index (χ3n) is 2.08. The van der Waals surface area contributed by atoms with Crippen LogP contribution < -0.4 is 10.6 Å².